The zero-order valence-corrected chi connectivity index (χ0v) is 13.9. The third kappa shape index (κ3) is 4.35. The average molecular weight is 297 g/mol. The second kappa shape index (κ2) is 6.65. The minimum Gasteiger partial charge on any atom is -0.436 e. The predicted molar refractivity (Wildman–Crippen MR) is 90.4 cm³/mol. The zero-order chi connectivity index (χ0) is 16.2. The lowest BCUT2D eigenvalue weighted by molar-refractivity contribution is -0.00153. The van der Waals surface area contributed by atoms with E-state index in [1.54, 1.807) is 0 Å². The minimum absolute atomic E-state index is 0.371. The van der Waals surface area contributed by atoms with Crippen LogP contribution in [0.1, 0.15) is 37.5 Å². The highest BCUT2D eigenvalue weighted by Gasteiger charge is 2.15. The number of ether oxygens (including phenoxy) is 1. The Labute approximate surface area is 132 Å². The molecule has 0 heterocycles. The topological polar surface area (TPSA) is 30.8 Å². The minimum atomic E-state index is -0.371. The fourth-order valence-corrected chi connectivity index (χ4v) is 1.95. The Hall–Kier alpha value is -2.29. The highest BCUT2D eigenvalue weighted by atomic mass is 16.7. The van der Waals surface area contributed by atoms with Crippen molar-refractivity contribution in [1.29, 1.82) is 0 Å². The summed E-state index contributed by atoms with van der Waals surface area (Å²) in [5.41, 5.74) is 2.65. The Kier molecular flexibility index (Phi) is 4.86. The van der Waals surface area contributed by atoms with E-state index in [1.807, 2.05) is 83.1 Å². The maximum atomic E-state index is 6.08. The molecule has 0 radical (unpaired) electrons. The van der Waals surface area contributed by atoms with Crippen molar-refractivity contribution in [2.24, 2.45) is 5.16 Å². The summed E-state index contributed by atoms with van der Waals surface area (Å²) in [6.45, 7) is 9.92. The standard InChI is InChI=1S/C19H23NO2/c1-14-10-9-11-15(2)17(14)21-18(20-22-19(3,4)5)16-12-7-6-8-13-16/h6-13H,1-5H3/b20-18+. The van der Waals surface area contributed by atoms with Crippen molar-refractivity contribution >= 4 is 5.90 Å². The molecule has 2 aromatic carbocycles. The zero-order valence-electron chi connectivity index (χ0n) is 13.9. The summed E-state index contributed by atoms with van der Waals surface area (Å²) in [6, 6.07) is 15.8. The van der Waals surface area contributed by atoms with Gasteiger partial charge in [0.05, 0.1) is 0 Å². The summed E-state index contributed by atoms with van der Waals surface area (Å²) >= 11 is 0. The van der Waals surface area contributed by atoms with Gasteiger partial charge in [-0.15, -0.1) is 0 Å². The molecule has 116 valence electrons. The van der Waals surface area contributed by atoms with Gasteiger partial charge in [0.2, 0.25) is 0 Å². The van der Waals surface area contributed by atoms with E-state index in [0.717, 1.165) is 22.4 Å². The Morgan fingerprint density at radius 3 is 2.00 bits per heavy atom. The maximum Gasteiger partial charge on any atom is 0.263 e. The average Bonchev–Trinajstić information content (AvgIpc) is 2.46. The van der Waals surface area contributed by atoms with Crippen LogP contribution in [-0.2, 0) is 4.84 Å². The van der Waals surface area contributed by atoms with Crippen molar-refractivity contribution in [1.82, 2.24) is 0 Å². The number of rotatable bonds is 3. The largest absolute Gasteiger partial charge is 0.436 e. The van der Waals surface area contributed by atoms with Crippen molar-refractivity contribution in [3.8, 4) is 5.75 Å². The summed E-state index contributed by atoms with van der Waals surface area (Å²) in [5.74, 6) is 1.29. The molecule has 22 heavy (non-hydrogen) atoms. The molecule has 0 aliphatic carbocycles. The summed E-state index contributed by atoms with van der Waals surface area (Å²) in [5, 5.41) is 4.24. The molecule has 0 atom stereocenters. The molecule has 0 amide bonds. The lowest BCUT2D eigenvalue weighted by Crippen LogP contribution is -2.19. The van der Waals surface area contributed by atoms with E-state index in [9.17, 15) is 0 Å². The van der Waals surface area contributed by atoms with Gasteiger partial charge in [-0.05, 0) is 63.0 Å². The van der Waals surface area contributed by atoms with Gasteiger partial charge in [-0.1, -0.05) is 36.4 Å². The van der Waals surface area contributed by atoms with E-state index in [2.05, 4.69) is 5.16 Å². The molecular weight excluding hydrogens is 274 g/mol. The fourth-order valence-electron chi connectivity index (χ4n) is 1.95. The lowest BCUT2D eigenvalue weighted by Gasteiger charge is -2.18. The Bertz CT molecular complexity index is 635. The number of aryl methyl sites for hydroxylation is 2. The van der Waals surface area contributed by atoms with E-state index >= 15 is 0 Å². The van der Waals surface area contributed by atoms with Gasteiger partial charge in [-0.25, -0.2) is 0 Å². The molecule has 0 N–H and O–H groups in total. The van der Waals surface area contributed by atoms with Crippen LogP contribution in [0.2, 0.25) is 0 Å². The number of benzene rings is 2. The van der Waals surface area contributed by atoms with Crippen LogP contribution in [0, 0.1) is 13.8 Å². The van der Waals surface area contributed by atoms with Crippen molar-refractivity contribution in [3.63, 3.8) is 0 Å². The number of hydrogen-bond acceptors (Lipinski definition) is 3. The number of nitrogens with zero attached hydrogens (tertiary/aromatic N) is 1. The Morgan fingerprint density at radius 1 is 0.864 bits per heavy atom. The van der Waals surface area contributed by atoms with Crippen LogP contribution in [-0.4, -0.2) is 11.5 Å². The first-order chi connectivity index (χ1) is 10.4. The second-order valence-electron chi connectivity index (χ2n) is 6.29. The van der Waals surface area contributed by atoms with Crippen LogP contribution in [0.3, 0.4) is 0 Å². The van der Waals surface area contributed by atoms with Gasteiger partial charge >= 0.3 is 0 Å². The van der Waals surface area contributed by atoms with Gasteiger partial charge in [-0.2, -0.15) is 0 Å². The molecule has 0 aliphatic heterocycles. The molecule has 3 heteroatoms. The first kappa shape index (κ1) is 16.1. The van der Waals surface area contributed by atoms with Crippen molar-refractivity contribution in [2.75, 3.05) is 0 Å². The third-order valence-electron chi connectivity index (χ3n) is 3.03. The van der Waals surface area contributed by atoms with Gasteiger partial charge in [0.1, 0.15) is 11.4 Å². The Morgan fingerprint density at radius 2 is 1.45 bits per heavy atom. The number of hydrogen-bond donors (Lipinski definition) is 0. The third-order valence-corrected chi connectivity index (χ3v) is 3.03. The van der Waals surface area contributed by atoms with Gasteiger partial charge in [0.15, 0.2) is 0 Å². The van der Waals surface area contributed by atoms with Crippen molar-refractivity contribution < 1.29 is 9.57 Å². The molecule has 0 aliphatic rings. The number of para-hydroxylation sites is 1. The summed E-state index contributed by atoms with van der Waals surface area (Å²) in [7, 11) is 0. The van der Waals surface area contributed by atoms with Crippen LogP contribution in [0.5, 0.6) is 5.75 Å². The maximum absolute atomic E-state index is 6.08. The molecule has 0 fully saturated rings. The van der Waals surface area contributed by atoms with E-state index in [0.29, 0.717) is 5.90 Å². The first-order valence-corrected chi connectivity index (χ1v) is 7.42. The predicted octanol–water partition coefficient (Wildman–Crippen LogP) is 4.86. The lowest BCUT2D eigenvalue weighted by atomic mass is 10.1. The molecule has 0 unspecified atom stereocenters. The monoisotopic (exact) mass is 297 g/mol. The van der Waals surface area contributed by atoms with Crippen molar-refractivity contribution in [3.05, 3.63) is 65.2 Å². The smallest absolute Gasteiger partial charge is 0.263 e. The van der Waals surface area contributed by atoms with Gasteiger partial charge < -0.3 is 9.57 Å². The highest BCUT2D eigenvalue weighted by molar-refractivity contribution is 5.95. The van der Waals surface area contributed by atoms with Crippen LogP contribution >= 0.6 is 0 Å². The normalized spacial score (nSPS) is 12.1. The molecule has 0 saturated carbocycles. The van der Waals surface area contributed by atoms with Crippen LogP contribution in [0.4, 0.5) is 0 Å². The SMILES string of the molecule is Cc1cccc(C)c1O/C(=N/OC(C)(C)C)c1ccccc1. The first-order valence-electron chi connectivity index (χ1n) is 7.42. The highest BCUT2D eigenvalue weighted by Crippen LogP contribution is 2.24. The van der Waals surface area contributed by atoms with E-state index in [-0.39, 0.29) is 5.60 Å². The molecule has 0 bridgehead atoms. The fraction of sp³-hybridized carbons (Fsp3) is 0.316. The van der Waals surface area contributed by atoms with Gasteiger partial charge in [0, 0.05) is 5.56 Å². The van der Waals surface area contributed by atoms with Crippen LogP contribution in [0.15, 0.2) is 53.7 Å². The quantitative estimate of drug-likeness (QED) is 0.460. The van der Waals surface area contributed by atoms with E-state index in [1.165, 1.54) is 0 Å². The van der Waals surface area contributed by atoms with E-state index < -0.39 is 0 Å². The molecule has 3 nitrogen and oxygen atoms in total. The molecule has 0 saturated heterocycles. The molecule has 2 aromatic rings. The summed E-state index contributed by atoms with van der Waals surface area (Å²) in [6.07, 6.45) is 0. The van der Waals surface area contributed by atoms with Crippen molar-refractivity contribution in [2.45, 2.75) is 40.2 Å². The number of oxime groups is 1. The summed E-state index contributed by atoms with van der Waals surface area (Å²) < 4.78 is 6.08. The molecule has 2 rings (SSSR count). The van der Waals surface area contributed by atoms with Gasteiger partial charge in [0.25, 0.3) is 5.90 Å². The second-order valence-corrected chi connectivity index (χ2v) is 6.29. The molecular formula is C19H23NO2. The molecule has 0 spiro atoms. The van der Waals surface area contributed by atoms with Gasteiger partial charge in [-0.3, -0.25) is 0 Å². The molecule has 0 aromatic heterocycles. The Balaban J connectivity index is 2.37. The van der Waals surface area contributed by atoms with Crippen LogP contribution in [0.25, 0.3) is 0 Å². The van der Waals surface area contributed by atoms with E-state index in [4.69, 9.17) is 9.57 Å². The van der Waals surface area contributed by atoms with Crippen LogP contribution < -0.4 is 4.74 Å². The summed E-state index contributed by atoms with van der Waals surface area (Å²) in [4.78, 5) is 5.56.